The van der Waals surface area contributed by atoms with Gasteiger partial charge in [0, 0.05) is 17.3 Å². The van der Waals surface area contributed by atoms with Gasteiger partial charge in [0.05, 0.1) is 31.8 Å². The molecule has 0 aliphatic carbocycles. The standard InChI is InChI=1S/C19H18N4O6/c1-10-14(23(25)26)9-13-16(22-19(29-4)18(21-13)28-3)15(10)17(24)20-11-5-7-12(27-2)8-6-11/h5-9H,1-4H3,(H,20,24). The Labute approximate surface area is 165 Å². The van der Waals surface area contributed by atoms with E-state index in [4.69, 9.17) is 14.2 Å². The number of benzene rings is 2. The molecular formula is C19H18N4O6. The Morgan fingerprint density at radius 2 is 1.66 bits per heavy atom. The summed E-state index contributed by atoms with van der Waals surface area (Å²) in [5, 5.41) is 14.2. The summed E-state index contributed by atoms with van der Waals surface area (Å²) in [5.74, 6) is 0.178. The highest BCUT2D eigenvalue weighted by Crippen LogP contribution is 2.33. The predicted molar refractivity (Wildman–Crippen MR) is 105 cm³/mol. The van der Waals surface area contributed by atoms with Gasteiger partial charge in [0.15, 0.2) is 0 Å². The van der Waals surface area contributed by atoms with Gasteiger partial charge in [0.2, 0.25) is 0 Å². The molecular weight excluding hydrogens is 380 g/mol. The van der Waals surface area contributed by atoms with Crippen LogP contribution in [0.25, 0.3) is 11.0 Å². The van der Waals surface area contributed by atoms with Crippen LogP contribution in [0.4, 0.5) is 11.4 Å². The van der Waals surface area contributed by atoms with Crippen LogP contribution in [-0.2, 0) is 0 Å². The number of rotatable bonds is 6. The molecule has 3 aromatic rings. The predicted octanol–water partition coefficient (Wildman–Crippen LogP) is 3.12. The lowest BCUT2D eigenvalue weighted by Crippen LogP contribution is -2.16. The number of nitrogens with one attached hydrogen (secondary N) is 1. The number of nitrogens with zero attached hydrogens (tertiary/aromatic N) is 3. The highest BCUT2D eigenvalue weighted by molar-refractivity contribution is 6.13. The fourth-order valence-corrected chi connectivity index (χ4v) is 2.85. The van der Waals surface area contributed by atoms with Crippen LogP contribution in [0.15, 0.2) is 30.3 Å². The van der Waals surface area contributed by atoms with E-state index in [9.17, 15) is 14.9 Å². The number of aromatic nitrogens is 2. The van der Waals surface area contributed by atoms with Crippen LogP contribution in [0.5, 0.6) is 17.5 Å². The Kier molecular flexibility index (Phi) is 5.44. The molecule has 0 atom stereocenters. The summed E-state index contributed by atoms with van der Waals surface area (Å²) in [4.78, 5) is 32.5. The highest BCUT2D eigenvalue weighted by Gasteiger charge is 2.26. The van der Waals surface area contributed by atoms with E-state index in [2.05, 4.69) is 15.3 Å². The van der Waals surface area contributed by atoms with E-state index < -0.39 is 10.8 Å². The maximum atomic E-state index is 13.0. The van der Waals surface area contributed by atoms with Crippen LogP contribution in [0.3, 0.4) is 0 Å². The Balaban J connectivity index is 2.18. The zero-order valence-corrected chi connectivity index (χ0v) is 16.2. The third kappa shape index (κ3) is 3.72. The van der Waals surface area contributed by atoms with E-state index in [-0.39, 0.29) is 39.6 Å². The molecule has 2 aromatic carbocycles. The molecule has 29 heavy (non-hydrogen) atoms. The average Bonchev–Trinajstić information content (AvgIpc) is 2.72. The molecule has 3 rings (SSSR count). The second-order valence-electron chi connectivity index (χ2n) is 5.95. The molecule has 10 heteroatoms. The lowest BCUT2D eigenvalue weighted by molar-refractivity contribution is -0.385. The van der Waals surface area contributed by atoms with E-state index in [0.29, 0.717) is 11.4 Å². The smallest absolute Gasteiger partial charge is 0.278 e. The summed E-state index contributed by atoms with van der Waals surface area (Å²) in [5.41, 5.74) is 0.729. The molecule has 0 unspecified atom stereocenters. The quantitative estimate of drug-likeness (QED) is 0.496. The monoisotopic (exact) mass is 398 g/mol. The minimum absolute atomic E-state index is 0.0264. The summed E-state index contributed by atoms with van der Waals surface area (Å²) < 4.78 is 15.4. The van der Waals surface area contributed by atoms with Crippen LogP contribution >= 0.6 is 0 Å². The number of ether oxygens (including phenoxy) is 3. The number of carbonyl (C=O) groups is 1. The molecule has 0 aliphatic rings. The summed E-state index contributed by atoms with van der Waals surface area (Å²) in [6, 6.07) is 7.93. The van der Waals surface area contributed by atoms with Gasteiger partial charge in [-0.2, -0.15) is 0 Å². The van der Waals surface area contributed by atoms with Gasteiger partial charge in [-0.25, -0.2) is 9.97 Å². The van der Waals surface area contributed by atoms with Crippen molar-refractivity contribution in [1.29, 1.82) is 0 Å². The zero-order chi connectivity index (χ0) is 21.1. The number of hydrogen-bond acceptors (Lipinski definition) is 8. The maximum absolute atomic E-state index is 13.0. The van der Waals surface area contributed by atoms with Crippen molar-refractivity contribution in [3.05, 3.63) is 51.6 Å². The third-order valence-electron chi connectivity index (χ3n) is 4.29. The molecule has 1 aromatic heterocycles. The Hall–Kier alpha value is -3.95. The molecule has 0 radical (unpaired) electrons. The molecule has 1 amide bonds. The first kappa shape index (κ1) is 19.8. The van der Waals surface area contributed by atoms with Crippen molar-refractivity contribution >= 4 is 28.3 Å². The summed E-state index contributed by atoms with van der Waals surface area (Å²) in [6.45, 7) is 1.49. The number of fused-ring (bicyclic) bond motifs is 1. The van der Waals surface area contributed by atoms with Crippen LogP contribution in [0.1, 0.15) is 15.9 Å². The second kappa shape index (κ2) is 7.97. The average molecular weight is 398 g/mol. The van der Waals surface area contributed by atoms with Crippen molar-refractivity contribution in [2.75, 3.05) is 26.6 Å². The molecule has 1 heterocycles. The number of anilines is 1. The van der Waals surface area contributed by atoms with Gasteiger partial charge < -0.3 is 19.5 Å². The summed E-state index contributed by atoms with van der Waals surface area (Å²) in [6.07, 6.45) is 0. The molecule has 0 bridgehead atoms. The Morgan fingerprint density at radius 3 is 2.21 bits per heavy atom. The SMILES string of the molecule is COc1ccc(NC(=O)c2c(C)c([N+](=O)[O-])cc3nc(OC)c(OC)nc23)cc1. The van der Waals surface area contributed by atoms with Crippen LogP contribution in [0.2, 0.25) is 0 Å². The van der Waals surface area contributed by atoms with Crippen LogP contribution in [0, 0.1) is 17.0 Å². The fraction of sp³-hybridized carbons (Fsp3) is 0.211. The summed E-state index contributed by atoms with van der Waals surface area (Å²) >= 11 is 0. The van der Waals surface area contributed by atoms with Gasteiger partial charge in [-0.05, 0) is 31.2 Å². The van der Waals surface area contributed by atoms with E-state index >= 15 is 0 Å². The van der Waals surface area contributed by atoms with Crippen molar-refractivity contribution in [2.24, 2.45) is 0 Å². The van der Waals surface area contributed by atoms with Crippen molar-refractivity contribution in [1.82, 2.24) is 9.97 Å². The number of nitro benzene ring substituents is 1. The van der Waals surface area contributed by atoms with Gasteiger partial charge in [-0.15, -0.1) is 0 Å². The molecule has 0 spiro atoms. The molecule has 150 valence electrons. The Morgan fingerprint density at radius 1 is 1.03 bits per heavy atom. The van der Waals surface area contributed by atoms with Crippen molar-refractivity contribution in [2.45, 2.75) is 6.92 Å². The summed E-state index contributed by atoms with van der Waals surface area (Å²) in [7, 11) is 4.29. The van der Waals surface area contributed by atoms with Gasteiger partial charge >= 0.3 is 0 Å². The first-order valence-corrected chi connectivity index (χ1v) is 8.42. The van der Waals surface area contributed by atoms with Crippen LogP contribution < -0.4 is 19.5 Å². The normalized spacial score (nSPS) is 10.5. The number of carbonyl (C=O) groups excluding carboxylic acids is 1. The number of methoxy groups -OCH3 is 3. The molecule has 0 saturated heterocycles. The molecule has 0 aliphatic heterocycles. The lowest BCUT2D eigenvalue weighted by Gasteiger charge is -2.13. The second-order valence-corrected chi connectivity index (χ2v) is 5.95. The first-order valence-electron chi connectivity index (χ1n) is 8.42. The number of amides is 1. The fourth-order valence-electron chi connectivity index (χ4n) is 2.85. The van der Waals surface area contributed by atoms with Crippen molar-refractivity contribution in [3.63, 3.8) is 0 Å². The molecule has 0 fully saturated rings. The van der Waals surface area contributed by atoms with Gasteiger partial charge in [-0.1, -0.05) is 0 Å². The molecule has 1 N–H and O–H groups in total. The minimum atomic E-state index is -0.572. The largest absolute Gasteiger partial charge is 0.497 e. The number of nitro groups is 1. The highest BCUT2D eigenvalue weighted by atomic mass is 16.6. The zero-order valence-electron chi connectivity index (χ0n) is 16.2. The van der Waals surface area contributed by atoms with Gasteiger partial charge in [0.25, 0.3) is 23.4 Å². The van der Waals surface area contributed by atoms with Gasteiger partial charge in [0.1, 0.15) is 16.8 Å². The lowest BCUT2D eigenvalue weighted by atomic mass is 10.0. The van der Waals surface area contributed by atoms with Crippen LogP contribution in [-0.4, -0.2) is 42.1 Å². The number of hydrogen-bond donors (Lipinski definition) is 1. The first-order chi connectivity index (χ1) is 13.9. The Bertz CT molecular complexity index is 1100. The van der Waals surface area contributed by atoms with E-state index in [0.717, 1.165) is 0 Å². The topological polar surface area (TPSA) is 126 Å². The van der Waals surface area contributed by atoms with Crippen molar-refractivity contribution in [3.8, 4) is 17.5 Å². The van der Waals surface area contributed by atoms with E-state index in [1.54, 1.807) is 24.3 Å². The van der Waals surface area contributed by atoms with Gasteiger partial charge in [-0.3, -0.25) is 14.9 Å². The third-order valence-corrected chi connectivity index (χ3v) is 4.29. The van der Waals surface area contributed by atoms with Crippen molar-refractivity contribution < 1.29 is 23.9 Å². The maximum Gasteiger partial charge on any atom is 0.278 e. The van der Waals surface area contributed by atoms with E-state index in [1.165, 1.54) is 34.3 Å². The minimum Gasteiger partial charge on any atom is -0.497 e. The molecule has 0 saturated carbocycles. The molecule has 10 nitrogen and oxygen atoms in total. The van der Waals surface area contributed by atoms with E-state index in [1.807, 2.05) is 0 Å².